The predicted molar refractivity (Wildman–Crippen MR) is 594 cm³/mol. The second-order valence-electron chi connectivity index (χ2n) is 40.6. The molecule has 0 amide bonds. The van der Waals surface area contributed by atoms with Gasteiger partial charge in [-0.2, -0.15) is 0 Å². The Morgan fingerprint density at radius 1 is 0.287 bits per heavy atom. The standard InChI is InChI=1S/C50H59NO.C38H35NO.C21H16N4.C21H14N4.Zn/c1-6-10-28-49(29-11-7-2)45-20-16-14-18-41(45)43-26-24-39(33-47(43)49)51(38-23-22-36(5)37(32-38)35-52)40-25-27-44-42-19-15-17-21-46(42)50(30-12-8-3,31-13-9-4)48(44)34-40;1-24-14-15-26(20-25(24)23-40)39(27-16-18-31-29-10-6-8-12-33(29)37(2,3)35(31)21-27)28-17-19-32-30-11-7-9-13-34(30)38(4,5)36(32)22-28;2*1-13-20-8-6-18(24-20)11-16-4-2-14(22-16)10-15-3-5-17(23-15)12-19-7-9-21(13)25-19;/h14-27,32-34,52H,6-13,28-31,35H2,1-5H3;6-22,40H,23H2,1-5H3;2-12,22,25H,1H3;2-12H,1H3;/q;;;-2;+2. The number of aryl methyl sites for hydroxylation is 4. The molecule has 708 valence electrons. The molecule has 0 unspecified atom stereocenters. The van der Waals surface area contributed by atoms with Gasteiger partial charge in [0.05, 0.1) is 58.8 Å². The topological polar surface area (TPSA) is 158 Å². The van der Waals surface area contributed by atoms with Gasteiger partial charge in [0.2, 0.25) is 0 Å². The van der Waals surface area contributed by atoms with Crippen LogP contribution in [0.2, 0.25) is 0 Å². The number of hydrogen-bond acceptors (Lipinski definition) is 8. The molecule has 143 heavy (non-hydrogen) atoms. The molecule has 12 nitrogen and oxygen atoms in total. The average Bonchev–Trinajstić information content (AvgIpc) is 1.56. The molecule has 10 heterocycles. The Morgan fingerprint density at radius 2 is 0.601 bits per heavy atom. The smallest absolute Gasteiger partial charge is 0.658 e. The van der Waals surface area contributed by atoms with Crippen molar-refractivity contribution in [2.75, 3.05) is 9.80 Å². The van der Waals surface area contributed by atoms with E-state index >= 15 is 0 Å². The van der Waals surface area contributed by atoms with Crippen molar-refractivity contribution < 1.29 is 29.7 Å². The fraction of sp³-hybridized carbons (Fsp3) is 0.231. The summed E-state index contributed by atoms with van der Waals surface area (Å²) < 4.78 is 0. The summed E-state index contributed by atoms with van der Waals surface area (Å²) in [5.74, 6) is 0. The van der Waals surface area contributed by atoms with Crippen LogP contribution in [0.4, 0.5) is 34.1 Å². The van der Waals surface area contributed by atoms with Crippen LogP contribution in [0.15, 0.2) is 291 Å². The van der Waals surface area contributed by atoms with Gasteiger partial charge in [0.1, 0.15) is 0 Å². The number of rotatable bonds is 20. The molecule has 4 aliphatic heterocycles. The number of H-pyrrole nitrogens is 2. The van der Waals surface area contributed by atoms with Crippen molar-refractivity contribution in [3.63, 3.8) is 0 Å². The van der Waals surface area contributed by atoms with E-state index in [1.165, 1.54) is 177 Å². The van der Waals surface area contributed by atoms with E-state index in [9.17, 15) is 10.2 Å². The van der Waals surface area contributed by atoms with E-state index < -0.39 is 0 Å². The number of fused-ring (bicyclic) bond motifs is 28. The van der Waals surface area contributed by atoms with Crippen molar-refractivity contribution in [1.82, 2.24) is 39.9 Å². The first-order valence-corrected chi connectivity index (χ1v) is 51.1. The van der Waals surface area contributed by atoms with Gasteiger partial charge in [-0.1, -0.05) is 283 Å². The molecule has 16 aromatic rings. The van der Waals surface area contributed by atoms with Gasteiger partial charge < -0.3 is 39.9 Å². The molecular weight excluding hydrogens is 1800 g/mol. The van der Waals surface area contributed by atoms with Crippen LogP contribution < -0.4 is 19.8 Å². The number of nitrogens with zero attached hydrogens (tertiary/aromatic N) is 8. The SMILES string of the molecule is CCCCC1(CCCC)c2ccccc2-c2ccc(N(c3ccc(C)c(CO)c3)c3ccc4c(c3)C(CCCC)(CCCC)c3ccccc3-4)cc21.Cc1c2nc(cc3ccc(cc4nc(cc5ccc1[n-]5)C=C4)[n-]3)C=C2.Cc1c2nc(cc3ccc(cc4nc(cc5ccc1[nH]5)C=C4)[nH]3)C=C2.Cc1ccc(N(c2ccc3c(c2)C(C)(C)c2ccccc2-3)c2ccc3c(c2)C(C)(C)c2ccccc2-3)cc1CO.[Zn+2]. The van der Waals surface area contributed by atoms with E-state index in [0.717, 1.165) is 146 Å². The molecule has 16 bridgehead atoms. The van der Waals surface area contributed by atoms with Crippen LogP contribution in [-0.4, -0.2) is 40.1 Å². The average molecular weight is 1920 g/mol. The maximum atomic E-state index is 10.5. The molecule has 0 radical (unpaired) electrons. The summed E-state index contributed by atoms with van der Waals surface area (Å²) in [5, 5.41) is 20.6. The summed E-state index contributed by atoms with van der Waals surface area (Å²) in [6.07, 6.45) is 30.5. The Balaban J connectivity index is 0.000000122. The third-order valence-electron chi connectivity index (χ3n) is 30.8. The number of benzene rings is 10. The van der Waals surface area contributed by atoms with Crippen LogP contribution in [0.1, 0.15) is 256 Å². The Kier molecular flexibility index (Phi) is 27.0. The van der Waals surface area contributed by atoms with Crippen molar-refractivity contribution in [3.05, 3.63) is 415 Å². The molecule has 13 heteroatoms. The largest absolute Gasteiger partial charge is 2.00 e. The second-order valence-corrected chi connectivity index (χ2v) is 40.6. The molecule has 0 atom stereocenters. The van der Waals surface area contributed by atoms with Crippen LogP contribution in [-0.2, 0) is 54.4 Å². The minimum atomic E-state index is -0.0846. The molecule has 8 aliphatic rings. The van der Waals surface area contributed by atoms with Crippen molar-refractivity contribution in [2.45, 2.75) is 195 Å². The van der Waals surface area contributed by atoms with E-state index in [1.807, 2.05) is 98.0 Å². The molecule has 0 saturated heterocycles. The number of aromatic nitrogens is 8. The second kappa shape index (κ2) is 40.1. The van der Waals surface area contributed by atoms with Gasteiger partial charge in [0.25, 0.3) is 0 Å². The van der Waals surface area contributed by atoms with Crippen molar-refractivity contribution in [1.29, 1.82) is 0 Å². The predicted octanol–water partition coefficient (Wildman–Crippen LogP) is 33.0. The number of nitrogens with one attached hydrogen (secondary N) is 2. The van der Waals surface area contributed by atoms with Crippen LogP contribution in [0.3, 0.4) is 0 Å². The normalized spacial score (nSPS) is 14.0. The van der Waals surface area contributed by atoms with Crippen LogP contribution in [0, 0.1) is 27.7 Å². The first-order valence-electron chi connectivity index (χ1n) is 51.1. The number of aliphatic hydroxyl groups is 2. The van der Waals surface area contributed by atoms with E-state index in [0.29, 0.717) is 0 Å². The summed E-state index contributed by atoms with van der Waals surface area (Å²) >= 11 is 0. The van der Waals surface area contributed by atoms with E-state index in [1.54, 1.807) is 0 Å². The van der Waals surface area contributed by atoms with Crippen molar-refractivity contribution in [2.24, 2.45) is 0 Å². The number of anilines is 6. The van der Waals surface area contributed by atoms with Gasteiger partial charge in [-0.05, 0) is 340 Å². The maximum Gasteiger partial charge on any atom is 2.00 e. The van der Waals surface area contributed by atoms with Gasteiger partial charge in [0.15, 0.2) is 0 Å². The zero-order valence-corrected chi connectivity index (χ0v) is 87.4. The summed E-state index contributed by atoms with van der Waals surface area (Å²) in [6.45, 7) is 27.0. The molecule has 6 aromatic heterocycles. The summed E-state index contributed by atoms with van der Waals surface area (Å²) in [6, 6.07) is 106. The summed E-state index contributed by atoms with van der Waals surface area (Å²) in [7, 11) is 0. The third kappa shape index (κ3) is 18.3. The van der Waals surface area contributed by atoms with Gasteiger partial charge >= 0.3 is 19.5 Å². The van der Waals surface area contributed by atoms with Crippen LogP contribution in [0.25, 0.3) is 137 Å². The van der Waals surface area contributed by atoms with E-state index in [4.69, 9.17) is 15.0 Å². The molecule has 0 saturated carbocycles. The van der Waals surface area contributed by atoms with Crippen molar-refractivity contribution in [3.8, 4) is 44.5 Å². The van der Waals surface area contributed by atoms with Crippen LogP contribution >= 0.6 is 0 Å². The minimum Gasteiger partial charge on any atom is -0.658 e. The fourth-order valence-corrected chi connectivity index (χ4v) is 23.1. The molecule has 4 aliphatic carbocycles. The van der Waals surface area contributed by atoms with Crippen LogP contribution in [0.5, 0.6) is 0 Å². The molecular formula is C130H124N10O2Zn. The van der Waals surface area contributed by atoms with Crippen molar-refractivity contribution >= 4 is 127 Å². The molecule has 0 fully saturated rings. The summed E-state index contributed by atoms with van der Waals surface area (Å²) in [5.41, 5.74) is 50.6. The van der Waals surface area contributed by atoms with Gasteiger partial charge in [-0.3, -0.25) is 0 Å². The van der Waals surface area contributed by atoms with E-state index in [-0.39, 0.29) is 54.4 Å². The number of hydrogen-bond donors (Lipinski definition) is 4. The Morgan fingerprint density at radius 3 is 1.02 bits per heavy atom. The number of aromatic amines is 2. The Labute approximate surface area is 854 Å². The summed E-state index contributed by atoms with van der Waals surface area (Å²) in [4.78, 5) is 39.7. The van der Waals surface area contributed by atoms with Gasteiger partial charge in [-0.15, -0.1) is 22.1 Å². The first kappa shape index (κ1) is 96.1. The Hall–Kier alpha value is -14.5. The van der Waals surface area contributed by atoms with Gasteiger partial charge in [0, 0.05) is 77.9 Å². The van der Waals surface area contributed by atoms with E-state index in [2.05, 4.69) is 360 Å². The molecule has 0 spiro atoms. The fourth-order valence-electron chi connectivity index (χ4n) is 23.1. The van der Waals surface area contributed by atoms with Gasteiger partial charge in [-0.25, -0.2) is 19.9 Å². The zero-order valence-electron chi connectivity index (χ0n) is 84.4. The molecule has 24 rings (SSSR count). The quantitative estimate of drug-likeness (QED) is 0.0541. The third-order valence-corrected chi connectivity index (χ3v) is 30.8. The minimum absolute atomic E-state index is 0. The molecule has 10 aromatic carbocycles. The first-order chi connectivity index (χ1) is 69.1. The molecule has 4 N–H and O–H groups in total. The number of aliphatic hydroxyl groups excluding tert-OH is 2. The zero-order chi connectivity index (χ0) is 97.7. The monoisotopic (exact) mass is 1920 g/mol. The maximum absolute atomic E-state index is 10.5. The Bertz CT molecular complexity index is 7690. The number of unbranched alkanes of at least 4 members (excludes halogenated alkanes) is 4.